The zero-order chi connectivity index (χ0) is 7.72. The molecular formula is C7H6BrFN-. The summed E-state index contributed by atoms with van der Waals surface area (Å²) in [5, 5.41) is 0. The highest BCUT2D eigenvalue weighted by Crippen LogP contribution is 2.25. The molecule has 3 heteroatoms. The lowest BCUT2D eigenvalue weighted by molar-refractivity contribution is 0.632. The van der Waals surface area contributed by atoms with Crippen LogP contribution in [0.1, 0.15) is 5.56 Å². The average Bonchev–Trinajstić information content (AvgIpc) is 1.82. The maximum absolute atomic E-state index is 12.6. The van der Waals surface area contributed by atoms with Gasteiger partial charge in [0.25, 0.3) is 0 Å². The third-order valence-corrected chi connectivity index (χ3v) is 1.71. The molecule has 0 aliphatic rings. The van der Waals surface area contributed by atoms with Crippen LogP contribution in [0.3, 0.4) is 0 Å². The van der Waals surface area contributed by atoms with E-state index >= 15 is 0 Å². The third-order valence-electron chi connectivity index (χ3n) is 1.25. The molecule has 1 N–H and O–H groups in total. The molecule has 10 heavy (non-hydrogen) atoms. The maximum atomic E-state index is 12.6. The predicted octanol–water partition coefficient (Wildman–Crippen LogP) is 3.58. The molecule has 0 aliphatic heterocycles. The van der Waals surface area contributed by atoms with Gasteiger partial charge in [0.2, 0.25) is 0 Å². The first-order valence-corrected chi connectivity index (χ1v) is 3.58. The number of hydrogen-bond acceptors (Lipinski definition) is 0. The van der Waals surface area contributed by atoms with E-state index in [1.807, 2.05) is 0 Å². The molecule has 0 saturated carbocycles. The number of rotatable bonds is 0. The number of halogens is 2. The van der Waals surface area contributed by atoms with Crippen molar-refractivity contribution < 1.29 is 4.39 Å². The molecule has 54 valence electrons. The Morgan fingerprint density at radius 3 is 2.60 bits per heavy atom. The van der Waals surface area contributed by atoms with Gasteiger partial charge in [0.05, 0.1) is 0 Å². The third kappa shape index (κ3) is 1.29. The van der Waals surface area contributed by atoms with Gasteiger partial charge in [-0.2, -0.15) is 0 Å². The molecule has 0 spiro atoms. The van der Waals surface area contributed by atoms with Crippen LogP contribution in [-0.4, -0.2) is 0 Å². The second-order valence-electron chi connectivity index (χ2n) is 2.08. The smallest absolute Gasteiger partial charge is 0.109 e. The molecule has 0 aliphatic carbocycles. The Kier molecular flexibility index (Phi) is 1.94. The summed E-state index contributed by atoms with van der Waals surface area (Å²) in [6.07, 6.45) is 0. The Morgan fingerprint density at radius 2 is 2.10 bits per heavy atom. The Hall–Kier alpha value is -0.570. The van der Waals surface area contributed by atoms with E-state index in [0.29, 0.717) is 10.0 Å². The molecule has 1 aromatic rings. The number of hydrogen-bond donors (Lipinski definition) is 0. The highest BCUT2D eigenvalue weighted by Gasteiger charge is 1.95. The van der Waals surface area contributed by atoms with Crippen LogP contribution in [-0.2, 0) is 0 Å². The molecule has 1 aromatic carbocycles. The molecule has 0 unspecified atom stereocenters. The van der Waals surface area contributed by atoms with Crippen molar-refractivity contribution in [3.8, 4) is 0 Å². The van der Waals surface area contributed by atoms with Gasteiger partial charge in [-0.3, -0.25) is 0 Å². The summed E-state index contributed by atoms with van der Waals surface area (Å²) in [6, 6.07) is 3.00. The molecule has 0 fully saturated rings. The van der Waals surface area contributed by atoms with Crippen molar-refractivity contribution in [1.29, 1.82) is 0 Å². The summed E-state index contributed by atoms with van der Waals surface area (Å²) < 4.78 is 13.3. The van der Waals surface area contributed by atoms with Gasteiger partial charge in [0.15, 0.2) is 0 Å². The minimum absolute atomic E-state index is 0.0248. The maximum Gasteiger partial charge on any atom is 0.109 e. The largest absolute Gasteiger partial charge is 0.696 e. The van der Waals surface area contributed by atoms with Crippen LogP contribution in [0.5, 0.6) is 0 Å². The van der Waals surface area contributed by atoms with E-state index in [2.05, 4.69) is 15.9 Å². The van der Waals surface area contributed by atoms with Crippen LogP contribution in [0, 0.1) is 12.7 Å². The van der Waals surface area contributed by atoms with Crippen LogP contribution >= 0.6 is 15.9 Å². The SMILES string of the molecule is Cc1cc(Br)cc(F)c1[NH-]. The van der Waals surface area contributed by atoms with Crippen molar-refractivity contribution in [2.75, 3.05) is 0 Å². The summed E-state index contributed by atoms with van der Waals surface area (Å²) in [5.74, 6) is -0.480. The molecule has 0 atom stereocenters. The molecular weight excluding hydrogens is 197 g/mol. The molecule has 0 radical (unpaired) electrons. The fraction of sp³-hybridized carbons (Fsp3) is 0.143. The highest BCUT2D eigenvalue weighted by molar-refractivity contribution is 9.10. The van der Waals surface area contributed by atoms with Gasteiger partial charge >= 0.3 is 0 Å². The summed E-state index contributed by atoms with van der Waals surface area (Å²) in [6.45, 7) is 1.70. The van der Waals surface area contributed by atoms with Gasteiger partial charge in [-0.25, -0.2) is 4.39 Å². The summed E-state index contributed by atoms with van der Waals surface area (Å²) in [5.41, 5.74) is 7.77. The predicted molar refractivity (Wildman–Crippen MR) is 42.8 cm³/mol. The van der Waals surface area contributed by atoms with Gasteiger partial charge < -0.3 is 5.73 Å². The zero-order valence-corrected chi connectivity index (χ0v) is 7.00. The molecule has 0 saturated heterocycles. The quantitative estimate of drug-likeness (QED) is 0.615. The lowest BCUT2D eigenvalue weighted by Crippen LogP contribution is -1.78. The molecule has 1 nitrogen and oxygen atoms in total. The van der Waals surface area contributed by atoms with Gasteiger partial charge in [0.1, 0.15) is 5.82 Å². The fourth-order valence-corrected chi connectivity index (χ4v) is 1.25. The minimum Gasteiger partial charge on any atom is -0.696 e. The van der Waals surface area contributed by atoms with Gasteiger partial charge in [-0.05, 0) is 19.1 Å². The van der Waals surface area contributed by atoms with Gasteiger partial charge in [-0.1, -0.05) is 21.5 Å². The van der Waals surface area contributed by atoms with Crippen LogP contribution in [0.2, 0.25) is 0 Å². The van der Waals surface area contributed by atoms with Crippen molar-refractivity contribution >= 4 is 21.6 Å². The first kappa shape index (κ1) is 7.54. The number of nitrogens with one attached hydrogen (secondary N) is 1. The lowest BCUT2D eigenvalue weighted by atomic mass is 10.2. The summed E-state index contributed by atoms with van der Waals surface area (Å²) >= 11 is 3.12. The van der Waals surface area contributed by atoms with Crippen molar-refractivity contribution in [2.24, 2.45) is 0 Å². The normalized spacial score (nSPS) is 9.90. The van der Waals surface area contributed by atoms with Crippen molar-refractivity contribution in [1.82, 2.24) is 0 Å². The first-order chi connectivity index (χ1) is 4.61. The Balaban J connectivity index is 3.31. The van der Waals surface area contributed by atoms with Crippen LogP contribution in [0.25, 0.3) is 5.73 Å². The zero-order valence-electron chi connectivity index (χ0n) is 5.41. The van der Waals surface area contributed by atoms with Crippen molar-refractivity contribution in [3.63, 3.8) is 0 Å². The Labute approximate surface area is 67.2 Å². The van der Waals surface area contributed by atoms with Gasteiger partial charge in [-0.15, -0.1) is 5.69 Å². The number of benzene rings is 1. The summed E-state index contributed by atoms with van der Waals surface area (Å²) in [7, 11) is 0. The van der Waals surface area contributed by atoms with Crippen molar-refractivity contribution in [3.05, 3.63) is 33.7 Å². The van der Waals surface area contributed by atoms with Crippen LogP contribution in [0.4, 0.5) is 10.1 Å². The van der Waals surface area contributed by atoms with Crippen LogP contribution < -0.4 is 0 Å². The van der Waals surface area contributed by atoms with E-state index in [1.165, 1.54) is 6.07 Å². The average molecular weight is 203 g/mol. The number of aryl methyl sites for hydroxylation is 1. The first-order valence-electron chi connectivity index (χ1n) is 2.78. The van der Waals surface area contributed by atoms with E-state index in [9.17, 15) is 4.39 Å². The van der Waals surface area contributed by atoms with E-state index < -0.39 is 5.82 Å². The molecule has 0 aromatic heterocycles. The second-order valence-corrected chi connectivity index (χ2v) is 3.00. The van der Waals surface area contributed by atoms with E-state index in [1.54, 1.807) is 13.0 Å². The standard InChI is InChI=1S/C7H6BrFN/c1-4-2-5(8)3-6(9)7(4)10/h2-3,10H,1H3/q-1. The fourth-order valence-electron chi connectivity index (χ4n) is 0.702. The topological polar surface area (TPSA) is 23.8 Å². The Bertz CT molecular complexity index is 237. The lowest BCUT2D eigenvalue weighted by Gasteiger charge is -2.09. The van der Waals surface area contributed by atoms with Crippen molar-refractivity contribution in [2.45, 2.75) is 6.92 Å². The van der Waals surface area contributed by atoms with Crippen LogP contribution in [0.15, 0.2) is 16.6 Å². The second kappa shape index (κ2) is 2.58. The highest BCUT2D eigenvalue weighted by atomic mass is 79.9. The molecule has 0 amide bonds. The van der Waals surface area contributed by atoms with E-state index in [0.717, 1.165) is 0 Å². The van der Waals surface area contributed by atoms with E-state index in [4.69, 9.17) is 5.73 Å². The summed E-state index contributed by atoms with van der Waals surface area (Å²) in [4.78, 5) is 0. The molecule has 0 heterocycles. The minimum atomic E-state index is -0.480. The monoisotopic (exact) mass is 202 g/mol. The molecule has 0 bridgehead atoms. The Morgan fingerprint density at radius 1 is 1.50 bits per heavy atom. The van der Waals surface area contributed by atoms with E-state index in [-0.39, 0.29) is 5.69 Å². The van der Waals surface area contributed by atoms with Gasteiger partial charge in [0, 0.05) is 4.47 Å². The molecule has 1 rings (SSSR count).